The molecule has 1 aromatic rings. The van der Waals surface area contributed by atoms with Crippen LogP contribution < -0.4 is 0 Å². The summed E-state index contributed by atoms with van der Waals surface area (Å²) < 4.78 is 4.80. The molecule has 0 aromatic heterocycles. The molecular weight excluding hydrogens is 200 g/mol. The van der Waals surface area contributed by atoms with Crippen LogP contribution in [0.1, 0.15) is 28.9 Å². The van der Waals surface area contributed by atoms with Gasteiger partial charge in [0.2, 0.25) is 0 Å². The van der Waals surface area contributed by atoms with Crippen molar-refractivity contribution in [2.75, 3.05) is 0 Å². The number of phenols is 2. The Bertz CT molecular complexity index is 426. The number of hydrogen-bond acceptors (Lipinski definition) is 5. The zero-order valence-corrected chi connectivity index (χ0v) is 7.97. The van der Waals surface area contributed by atoms with Gasteiger partial charge in [-0.2, -0.15) is 0 Å². The maximum absolute atomic E-state index is 11.4. The second kappa shape index (κ2) is 3.13. The van der Waals surface area contributed by atoms with Crippen molar-refractivity contribution < 1.29 is 24.9 Å². The fourth-order valence-corrected chi connectivity index (χ4v) is 1.60. The summed E-state index contributed by atoms with van der Waals surface area (Å²) in [4.78, 5) is 11.4. The zero-order chi connectivity index (χ0) is 11.2. The molecule has 2 unspecified atom stereocenters. The van der Waals surface area contributed by atoms with Crippen molar-refractivity contribution in [3.8, 4) is 11.5 Å². The number of carbonyl (C=O) groups excluding carboxylic acids is 1. The highest BCUT2D eigenvalue weighted by atomic mass is 16.6. The molecule has 2 rings (SSSR count). The van der Waals surface area contributed by atoms with Crippen molar-refractivity contribution in [1.29, 1.82) is 0 Å². The molecule has 0 saturated carbocycles. The van der Waals surface area contributed by atoms with Crippen molar-refractivity contribution in [1.82, 2.24) is 0 Å². The van der Waals surface area contributed by atoms with E-state index < -0.39 is 29.7 Å². The number of carbonyl (C=O) groups is 1. The molecule has 1 aromatic carbocycles. The van der Waals surface area contributed by atoms with E-state index in [1.54, 1.807) is 6.92 Å². The number of esters is 1. The Labute approximate surface area is 85.5 Å². The summed E-state index contributed by atoms with van der Waals surface area (Å²) in [6, 6.07) is 2.62. The van der Waals surface area contributed by atoms with Crippen LogP contribution in [0.4, 0.5) is 0 Å². The van der Waals surface area contributed by atoms with E-state index in [4.69, 9.17) is 4.74 Å². The third kappa shape index (κ3) is 1.32. The Hall–Kier alpha value is -1.75. The first-order chi connectivity index (χ1) is 7.02. The first kappa shape index (κ1) is 9.79. The molecule has 0 fully saturated rings. The van der Waals surface area contributed by atoms with Crippen LogP contribution in [0, 0.1) is 0 Å². The lowest BCUT2D eigenvalue weighted by Crippen LogP contribution is -2.29. The molecule has 5 heteroatoms. The maximum Gasteiger partial charge on any atom is 0.342 e. The van der Waals surface area contributed by atoms with Gasteiger partial charge in [0.05, 0.1) is 0 Å². The number of hydrogen-bond donors (Lipinski definition) is 3. The Balaban J connectivity index is 2.66. The molecule has 0 saturated heterocycles. The van der Waals surface area contributed by atoms with E-state index in [1.807, 2.05) is 0 Å². The van der Waals surface area contributed by atoms with Crippen LogP contribution in [0.3, 0.4) is 0 Å². The number of benzene rings is 1. The molecule has 0 spiro atoms. The summed E-state index contributed by atoms with van der Waals surface area (Å²) in [6.45, 7) is 1.55. The fourth-order valence-electron chi connectivity index (χ4n) is 1.60. The molecular formula is C10H10O5. The highest BCUT2D eigenvalue weighted by molar-refractivity contribution is 5.96. The molecule has 1 heterocycles. The van der Waals surface area contributed by atoms with Gasteiger partial charge in [-0.25, -0.2) is 4.79 Å². The number of fused-ring (bicyclic) bond motifs is 1. The van der Waals surface area contributed by atoms with E-state index in [2.05, 4.69) is 0 Å². The van der Waals surface area contributed by atoms with Gasteiger partial charge in [0.1, 0.15) is 17.8 Å². The van der Waals surface area contributed by atoms with Crippen LogP contribution in [-0.2, 0) is 4.74 Å². The van der Waals surface area contributed by atoms with Crippen LogP contribution in [0.2, 0.25) is 0 Å². The van der Waals surface area contributed by atoms with Crippen molar-refractivity contribution in [3.05, 3.63) is 23.3 Å². The summed E-state index contributed by atoms with van der Waals surface area (Å²) in [6.07, 6.45) is -1.64. The number of aromatic hydroxyl groups is 2. The van der Waals surface area contributed by atoms with Gasteiger partial charge in [-0.3, -0.25) is 0 Å². The van der Waals surface area contributed by atoms with Crippen molar-refractivity contribution in [3.63, 3.8) is 0 Å². The van der Waals surface area contributed by atoms with Gasteiger partial charge in [-0.05, 0) is 13.0 Å². The molecule has 80 valence electrons. The topological polar surface area (TPSA) is 87.0 Å². The van der Waals surface area contributed by atoms with Crippen LogP contribution in [0.25, 0.3) is 0 Å². The molecule has 1 aliphatic heterocycles. The number of aliphatic hydroxyl groups excluding tert-OH is 1. The predicted molar refractivity (Wildman–Crippen MR) is 49.6 cm³/mol. The smallest absolute Gasteiger partial charge is 0.342 e. The van der Waals surface area contributed by atoms with Gasteiger partial charge in [0.25, 0.3) is 0 Å². The van der Waals surface area contributed by atoms with Crippen molar-refractivity contribution >= 4 is 5.97 Å². The Kier molecular flexibility index (Phi) is 2.04. The lowest BCUT2D eigenvalue weighted by Gasteiger charge is -2.27. The fraction of sp³-hybridized carbons (Fsp3) is 0.300. The molecule has 1 aliphatic rings. The van der Waals surface area contributed by atoms with Crippen LogP contribution in [0.15, 0.2) is 12.1 Å². The minimum Gasteiger partial charge on any atom is -0.504 e. The summed E-state index contributed by atoms with van der Waals surface area (Å²) >= 11 is 0. The number of phenolic OH excluding ortho intramolecular Hbond substituents is 2. The van der Waals surface area contributed by atoms with Crippen molar-refractivity contribution in [2.24, 2.45) is 0 Å². The Morgan fingerprint density at radius 3 is 2.67 bits per heavy atom. The summed E-state index contributed by atoms with van der Waals surface area (Å²) in [5, 5.41) is 28.4. The zero-order valence-electron chi connectivity index (χ0n) is 7.97. The normalized spacial score (nSPS) is 24.5. The van der Waals surface area contributed by atoms with Gasteiger partial charge in [0.15, 0.2) is 11.5 Å². The molecule has 0 amide bonds. The SMILES string of the molecule is CC1OC(=O)c2c(ccc(O)c2O)C1O. The van der Waals surface area contributed by atoms with E-state index in [9.17, 15) is 20.1 Å². The van der Waals surface area contributed by atoms with E-state index in [1.165, 1.54) is 12.1 Å². The molecule has 0 aliphatic carbocycles. The van der Waals surface area contributed by atoms with Crippen molar-refractivity contribution in [2.45, 2.75) is 19.1 Å². The minimum atomic E-state index is -0.982. The second-order valence-electron chi connectivity index (χ2n) is 3.45. The molecule has 2 atom stereocenters. The third-order valence-electron chi connectivity index (χ3n) is 2.45. The monoisotopic (exact) mass is 210 g/mol. The maximum atomic E-state index is 11.4. The van der Waals surface area contributed by atoms with Gasteiger partial charge in [-0.1, -0.05) is 6.07 Å². The summed E-state index contributed by atoms with van der Waals surface area (Å²) in [5.74, 6) is -1.70. The lowest BCUT2D eigenvalue weighted by molar-refractivity contribution is -0.0217. The molecule has 3 N–H and O–H groups in total. The van der Waals surface area contributed by atoms with E-state index in [-0.39, 0.29) is 11.1 Å². The first-order valence-corrected chi connectivity index (χ1v) is 4.46. The predicted octanol–water partition coefficient (Wildman–Crippen LogP) is 0.690. The highest BCUT2D eigenvalue weighted by Crippen LogP contribution is 2.39. The van der Waals surface area contributed by atoms with Gasteiger partial charge in [-0.15, -0.1) is 0 Å². The first-order valence-electron chi connectivity index (χ1n) is 4.46. The number of cyclic esters (lactones) is 1. The van der Waals surface area contributed by atoms with Crippen LogP contribution in [0.5, 0.6) is 11.5 Å². The van der Waals surface area contributed by atoms with Gasteiger partial charge >= 0.3 is 5.97 Å². The standard InChI is InChI=1S/C10H10O5/c1-4-8(12)5-2-3-6(11)9(13)7(5)10(14)15-4/h2-4,8,11-13H,1H3. The highest BCUT2D eigenvalue weighted by Gasteiger charge is 2.34. The molecule has 5 nitrogen and oxygen atoms in total. The Morgan fingerprint density at radius 1 is 1.33 bits per heavy atom. The summed E-state index contributed by atoms with van der Waals surface area (Å²) in [5.41, 5.74) is 0.106. The average Bonchev–Trinajstić information content (AvgIpc) is 2.18. The van der Waals surface area contributed by atoms with E-state index in [0.717, 1.165) is 0 Å². The average molecular weight is 210 g/mol. The lowest BCUT2D eigenvalue weighted by atomic mass is 9.95. The second-order valence-corrected chi connectivity index (χ2v) is 3.45. The third-order valence-corrected chi connectivity index (χ3v) is 2.45. The molecule has 15 heavy (non-hydrogen) atoms. The quantitative estimate of drug-likeness (QED) is 0.433. The Morgan fingerprint density at radius 2 is 2.00 bits per heavy atom. The number of rotatable bonds is 0. The van der Waals surface area contributed by atoms with Gasteiger partial charge < -0.3 is 20.1 Å². The van der Waals surface area contributed by atoms with E-state index in [0.29, 0.717) is 0 Å². The molecule has 0 radical (unpaired) electrons. The molecule has 0 bridgehead atoms. The van der Waals surface area contributed by atoms with E-state index >= 15 is 0 Å². The van der Waals surface area contributed by atoms with Crippen LogP contribution >= 0.6 is 0 Å². The van der Waals surface area contributed by atoms with Crippen LogP contribution in [-0.4, -0.2) is 27.4 Å². The minimum absolute atomic E-state index is 0.166. The van der Waals surface area contributed by atoms with Gasteiger partial charge in [0, 0.05) is 5.56 Å². The number of ether oxygens (including phenoxy) is 1. The number of aliphatic hydroxyl groups is 1. The summed E-state index contributed by atoms with van der Waals surface area (Å²) in [7, 11) is 0. The largest absolute Gasteiger partial charge is 0.504 e.